The first-order chi connectivity index (χ1) is 11.6. The molecule has 2 heterocycles. The van der Waals surface area contributed by atoms with Gasteiger partial charge in [-0.05, 0) is 29.5 Å². The summed E-state index contributed by atoms with van der Waals surface area (Å²) in [6, 6.07) is 5.51. The topological polar surface area (TPSA) is 114 Å². The van der Waals surface area contributed by atoms with Crippen molar-refractivity contribution in [3.05, 3.63) is 23.8 Å². The highest BCUT2D eigenvalue weighted by Gasteiger charge is 2.55. The molecule has 7 nitrogen and oxygen atoms in total. The van der Waals surface area contributed by atoms with Gasteiger partial charge in [-0.15, -0.1) is 0 Å². The average molecular weight is 381 g/mol. The summed E-state index contributed by atoms with van der Waals surface area (Å²) in [5.74, 6) is 0. The number of thiazole rings is 1. The van der Waals surface area contributed by atoms with Gasteiger partial charge in [0.05, 0.1) is 15.6 Å². The molecule has 0 radical (unpaired) electrons. The lowest BCUT2D eigenvalue weighted by molar-refractivity contribution is 0.172. The molecule has 0 spiro atoms. The molecule has 1 aliphatic heterocycles. The van der Waals surface area contributed by atoms with Gasteiger partial charge in [-0.1, -0.05) is 38.2 Å². The van der Waals surface area contributed by atoms with E-state index in [9.17, 15) is 18.3 Å². The number of hydrogen-bond acceptors (Lipinski definition) is 6. The molecule has 0 saturated carbocycles. The number of hydrogen-bond donors (Lipinski definition) is 2. The van der Waals surface area contributed by atoms with Crippen molar-refractivity contribution in [2.24, 2.45) is 5.41 Å². The molecule has 0 aliphatic carbocycles. The third kappa shape index (κ3) is 2.58. The normalized spacial score (nSPS) is 21.1. The van der Waals surface area contributed by atoms with E-state index >= 15 is 0 Å². The molecular weight excluding hydrogens is 362 g/mol. The smallest absolute Gasteiger partial charge is 0.412 e. The number of nitrogens with zero attached hydrogens (tertiary/aromatic N) is 2. The lowest BCUT2D eigenvalue weighted by Crippen LogP contribution is -2.48. The second-order valence-electron chi connectivity index (χ2n) is 7.11. The number of aromatic nitrogens is 1. The number of fused-ring (bicyclic) bond motifs is 1. The summed E-state index contributed by atoms with van der Waals surface area (Å²) in [6.45, 7) is 5.92. The fraction of sp³-hybridized carbons (Fsp3) is 0.438. The molecule has 2 aromatic rings. The summed E-state index contributed by atoms with van der Waals surface area (Å²) in [4.78, 5) is 16.7. The van der Waals surface area contributed by atoms with Gasteiger partial charge >= 0.3 is 6.09 Å². The Morgan fingerprint density at radius 3 is 2.64 bits per heavy atom. The third-order valence-electron chi connectivity index (χ3n) is 4.89. The standard InChI is InChI=1S/C16H19N3O4S2/c1-15(2,3)16(6-7-19(14(20)21)12(16)25(22)23)9-4-5-10-11(8-9)24-13(17)18-10/h4-5,8H,6-7H2,1-3H3,(H2,17,18)(H,20,21)/t16-/m0/s1. The lowest BCUT2D eigenvalue weighted by atomic mass is 9.62. The molecule has 3 N–H and O–H groups in total. The minimum absolute atomic E-state index is 0.0932. The first-order valence-electron chi connectivity index (χ1n) is 7.71. The number of rotatable bonds is 1. The van der Waals surface area contributed by atoms with Crippen LogP contribution in [0.5, 0.6) is 0 Å². The Morgan fingerprint density at radius 2 is 2.08 bits per heavy atom. The van der Waals surface area contributed by atoms with Crippen LogP contribution >= 0.6 is 11.3 Å². The Morgan fingerprint density at radius 1 is 1.40 bits per heavy atom. The first-order valence-corrected chi connectivity index (χ1v) is 9.61. The predicted octanol–water partition coefficient (Wildman–Crippen LogP) is 2.56. The maximum absolute atomic E-state index is 12.0. The molecular formula is C16H19N3O4S2. The van der Waals surface area contributed by atoms with Crippen molar-refractivity contribution in [2.75, 3.05) is 12.3 Å². The van der Waals surface area contributed by atoms with E-state index in [0.717, 1.165) is 20.7 Å². The highest BCUT2D eigenvalue weighted by Crippen LogP contribution is 2.50. The van der Waals surface area contributed by atoms with Crippen LogP contribution in [0.1, 0.15) is 32.8 Å². The summed E-state index contributed by atoms with van der Waals surface area (Å²) in [7, 11) is -2.66. The number of likely N-dealkylation sites (tertiary alicyclic amines) is 1. The van der Waals surface area contributed by atoms with E-state index in [4.69, 9.17) is 5.73 Å². The minimum atomic E-state index is -2.66. The van der Waals surface area contributed by atoms with Crippen molar-refractivity contribution < 1.29 is 18.3 Å². The van der Waals surface area contributed by atoms with Gasteiger partial charge in [0.1, 0.15) is 0 Å². The number of anilines is 1. The van der Waals surface area contributed by atoms with E-state index in [1.165, 1.54) is 11.3 Å². The Balaban J connectivity index is 2.34. The van der Waals surface area contributed by atoms with Crippen molar-refractivity contribution in [3.63, 3.8) is 0 Å². The molecule has 0 bridgehead atoms. The maximum Gasteiger partial charge on any atom is 0.412 e. The fourth-order valence-electron chi connectivity index (χ4n) is 3.74. The zero-order valence-electron chi connectivity index (χ0n) is 14.1. The summed E-state index contributed by atoms with van der Waals surface area (Å²) < 4.78 is 24.9. The Kier molecular flexibility index (Phi) is 4.03. The van der Waals surface area contributed by atoms with Crippen molar-refractivity contribution in [3.8, 4) is 0 Å². The largest absolute Gasteiger partial charge is 0.465 e. The summed E-state index contributed by atoms with van der Waals surface area (Å²) >= 11 is 1.32. The molecule has 9 heteroatoms. The van der Waals surface area contributed by atoms with Crippen LogP contribution in [0.4, 0.5) is 9.93 Å². The lowest BCUT2D eigenvalue weighted by Gasteiger charge is -2.41. The van der Waals surface area contributed by atoms with Gasteiger partial charge < -0.3 is 10.8 Å². The molecule has 3 rings (SSSR count). The van der Waals surface area contributed by atoms with Crippen LogP contribution < -0.4 is 5.73 Å². The minimum Gasteiger partial charge on any atom is -0.465 e. The number of carboxylic acid groups (broad SMARTS) is 1. The Bertz CT molecular complexity index is 996. The van der Waals surface area contributed by atoms with Gasteiger partial charge in [0.25, 0.3) is 0 Å². The monoisotopic (exact) mass is 381 g/mol. The van der Waals surface area contributed by atoms with Crippen molar-refractivity contribution in [2.45, 2.75) is 32.6 Å². The first kappa shape index (κ1) is 17.7. The van der Waals surface area contributed by atoms with Crippen LogP contribution in [0.15, 0.2) is 18.2 Å². The number of nitrogens with two attached hydrogens (primary N) is 1. The van der Waals surface area contributed by atoms with Gasteiger partial charge in [-0.3, -0.25) is 4.90 Å². The average Bonchev–Trinajstić information content (AvgIpc) is 3.05. The van der Waals surface area contributed by atoms with Gasteiger partial charge in [-0.25, -0.2) is 9.78 Å². The van der Waals surface area contributed by atoms with E-state index in [-0.39, 0.29) is 11.5 Å². The molecule has 1 atom stereocenters. The SMILES string of the molecule is CC(C)(C)[C@]1(c2ccc3nc(N)sc3c2)CCN(C(=O)O)C1=S(=O)=O. The highest BCUT2D eigenvalue weighted by molar-refractivity contribution is 7.73. The Labute approximate surface area is 150 Å². The van der Waals surface area contributed by atoms with Crippen molar-refractivity contribution in [1.82, 2.24) is 9.88 Å². The molecule has 1 amide bonds. The third-order valence-corrected chi connectivity index (χ3v) is 6.62. The molecule has 25 heavy (non-hydrogen) atoms. The molecule has 1 aromatic heterocycles. The van der Waals surface area contributed by atoms with E-state index in [1.54, 1.807) is 6.07 Å². The van der Waals surface area contributed by atoms with Crippen LogP contribution in [0.3, 0.4) is 0 Å². The van der Waals surface area contributed by atoms with Crippen LogP contribution in [0.2, 0.25) is 0 Å². The molecule has 0 unspecified atom stereocenters. The highest BCUT2D eigenvalue weighted by atomic mass is 32.2. The molecule has 1 aliphatic rings. The quantitative estimate of drug-likeness (QED) is 0.734. The Hall–Kier alpha value is -2.13. The predicted molar refractivity (Wildman–Crippen MR) is 98.4 cm³/mol. The van der Waals surface area contributed by atoms with Gasteiger partial charge in [0, 0.05) is 6.54 Å². The molecule has 1 fully saturated rings. The van der Waals surface area contributed by atoms with Crippen LogP contribution in [-0.4, -0.2) is 41.0 Å². The van der Waals surface area contributed by atoms with Crippen LogP contribution in [0.25, 0.3) is 10.2 Å². The molecule has 1 saturated heterocycles. The summed E-state index contributed by atoms with van der Waals surface area (Å²) in [6.07, 6.45) is -0.861. The van der Waals surface area contributed by atoms with Crippen molar-refractivity contribution >= 4 is 48.1 Å². The second kappa shape index (κ2) is 5.70. The van der Waals surface area contributed by atoms with Crippen LogP contribution in [0, 0.1) is 5.41 Å². The van der Waals surface area contributed by atoms with Crippen molar-refractivity contribution in [1.29, 1.82) is 0 Å². The second-order valence-corrected chi connectivity index (χ2v) is 9.03. The van der Waals surface area contributed by atoms with Crippen LogP contribution in [-0.2, 0) is 15.7 Å². The summed E-state index contributed by atoms with van der Waals surface area (Å²) in [5.41, 5.74) is 5.82. The number of nitrogen functional groups attached to an aromatic ring is 1. The molecule has 134 valence electrons. The van der Waals surface area contributed by atoms with E-state index < -0.39 is 27.2 Å². The number of carbonyl (C=O) groups is 1. The van der Waals surface area contributed by atoms with Gasteiger partial charge in [0.2, 0.25) is 10.3 Å². The molecule has 1 aromatic carbocycles. The van der Waals surface area contributed by atoms with E-state index in [0.29, 0.717) is 11.6 Å². The summed E-state index contributed by atoms with van der Waals surface area (Å²) in [5, 5.41) is 9.90. The van der Waals surface area contributed by atoms with Gasteiger partial charge in [-0.2, -0.15) is 8.42 Å². The fourth-order valence-corrected chi connectivity index (χ4v) is 5.67. The zero-order valence-corrected chi connectivity index (χ0v) is 15.7. The van der Waals surface area contributed by atoms with E-state index in [1.807, 2.05) is 32.9 Å². The number of amides is 1. The van der Waals surface area contributed by atoms with Gasteiger partial charge in [0.15, 0.2) is 10.1 Å². The number of benzene rings is 1. The van der Waals surface area contributed by atoms with E-state index in [2.05, 4.69) is 4.98 Å². The maximum atomic E-state index is 12.0. The zero-order chi connectivity index (χ0) is 18.6.